The fourth-order valence-electron chi connectivity index (χ4n) is 4.90. The quantitative estimate of drug-likeness (QED) is 0.759. The highest BCUT2D eigenvalue weighted by atomic mass is 16.2. The van der Waals surface area contributed by atoms with E-state index in [1.807, 2.05) is 23.1 Å². The summed E-state index contributed by atoms with van der Waals surface area (Å²) in [6.45, 7) is 2.55. The normalized spacial score (nSPS) is 25.9. The lowest BCUT2D eigenvalue weighted by atomic mass is 9.78. The van der Waals surface area contributed by atoms with Gasteiger partial charge in [-0.05, 0) is 50.5 Å². The van der Waals surface area contributed by atoms with Gasteiger partial charge in [0.1, 0.15) is 5.41 Å². The molecule has 2 heterocycles. The molecule has 1 aromatic rings. The van der Waals surface area contributed by atoms with Gasteiger partial charge in [-0.3, -0.25) is 14.4 Å². The molecule has 3 amide bonds. The van der Waals surface area contributed by atoms with Gasteiger partial charge in [-0.1, -0.05) is 30.3 Å². The van der Waals surface area contributed by atoms with Gasteiger partial charge in [0.05, 0.1) is 5.41 Å². The van der Waals surface area contributed by atoms with Crippen LogP contribution in [0, 0.1) is 10.8 Å². The van der Waals surface area contributed by atoms with Crippen LogP contribution in [0.15, 0.2) is 30.3 Å². The highest BCUT2D eigenvalue weighted by molar-refractivity contribution is 6.07. The summed E-state index contributed by atoms with van der Waals surface area (Å²) in [6, 6.07) is 10.3. The molecular weight excluding hydrogens is 354 g/mol. The third-order valence-corrected chi connectivity index (χ3v) is 6.83. The molecule has 1 spiro atoms. The first-order valence-electron chi connectivity index (χ1n) is 10.4. The lowest BCUT2D eigenvalue weighted by Gasteiger charge is -2.39. The summed E-state index contributed by atoms with van der Waals surface area (Å²) >= 11 is 0. The fraction of sp³-hybridized carbons (Fsp3) is 0.591. The largest absolute Gasteiger partial charge is 0.369 e. The molecular formula is C22H29N3O3. The molecule has 4 rings (SSSR count). The highest BCUT2D eigenvalue weighted by Crippen LogP contribution is 2.49. The molecule has 2 saturated heterocycles. The number of carbonyl (C=O) groups is 3. The molecule has 0 bridgehead atoms. The number of nitrogens with zero attached hydrogens (tertiary/aromatic N) is 2. The molecule has 6 heteroatoms. The van der Waals surface area contributed by atoms with Crippen molar-refractivity contribution in [2.45, 2.75) is 44.9 Å². The average Bonchev–Trinajstić information content (AvgIpc) is 3.41. The molecule has 1 saturated carbocycles. The van der Waals surface area contributed by atoms with Crippen molar-refractivity contribution in [3.63, 3.8) is 0 Å². The zero-order valence-corrected chi connectivity index (χ0v) is 16.4. The van der Waals surface area contributed by atoms with Gasteiger partial charge >= 0.3 is 0 Å². The number of aryl methyl sites for hydroxylation is 1. The van der Waals surface area contributed by atoms with E-state index in [0.29, 0.717) is 32.4 Å². The SMILES string of the molecule is NC(=O)C1(C(=O)N2CCC3(CCCN(CCCc4ccccc4)C3=O)C2)CC1. The third-order valence-electron chi connectivity index (χ3n) is 6.83. The second-order valence-electron chi connectivity index (χ2n) is 8.69. The number of nitrogens with two attached hydrogens (primary N) is 1. The Balaban J connectivity index is 1.36. The van der Waals surface area contributed by atoms with E-state index in [1.54, 1.807) is 4.90 Å². The minimum absolute atomic E-state index is 0.161. The van der Waals surface area contributed by atoms with Gasteiger partial charge in [-0.2, -0.15) is 0 Å². The monoisotopic (exact) mass is 383 g/mol. The lowest BCUT2D eigenvalue weighted by molar-refractivity contribution is -0.147. The second-order valence-corrected chi connectivity index (χ2v) is 8.69. The van der Waals surface area contributed by atoms with Crippen molar-refractivity contribution in [2.75, 3.05) is 26.2 Å². The number of amides is 3. The van der Waals surface area contributed by atoms with Crippen LogP contribution in [0.5, 0.6) is 0 Å². The number of piperidine rings is 1. The van der Waals surface area contributed by atoms with Crippen LogP contribution in [0.25, 0.3) is 0 Å². The second kappa shape index (κ2) is 7.22. The van der Waals surface area contributed by atoms with Crippen LogP contribution in [0.2, 0.25) is 0 Å². The van der Waals surface area contributed by atoms with Gasteiger partial charge in [0.25, 0.3) is 0 Å². The third kappa shape index (κ3) is 3.29. The van der Waals surface area contributed by atoms with E-state index >= 15 is 0 Å². The maximum absolute atomic E-state index is 13.3. The van der Waals surface area contributed by atoms with E-state index in [1.165, 1.54) is 5.56 Å². The zero-order chi connectivity index (χ0) is 19.8. The first-order valence-corrected chi connectivity index (χ1v) is 10.4. The van der Waals surface area contributed by atoms with Crippen LogP contribution < -0.4 is 5.73 Å². The Morgan fingerprint density at radius 3 is 2.46 bits per heavy atom. The Hall–Kier alpha value is -2.37. The average molecular weight is 383 g/mol. The first kappa shape index (κ1) is 19.0. The number of benzene rings is 1. The number of primary amides is 1. The number of likely N-dealkylation sites (tertiary alicyclic amines) is 2. The predicted octanol–water partition coefficient (Wildman–Crippen LogP) is 1.73. The maximum Gasteiger partial charge on any atom is 0.238 e. The molecule has 2 N–H and O–H groups in total. The Morgan fingerprint density at radius 1 is 1.04 bits per heavy atom. The summed E-state index contributed by atoms with van der Waals surface area (Å²) in [4.78, 5) is 41.5. The molecule has 6 nitrogen and oxygen atoms in total. The van der Waals surface area contributed by atoms with Gasteiger partial charge in [-0.15, -0.1) is 0 Å². The van der Waals surface area contributed by atoms with Crippen molar-refractivity contribution in [2.24, 2.45) is 16.6 Å². The van der Waals surface area contributed by atoms with Gasteiger partial charge in [-0.25, -0.2) is 0 Å². The van der Waals surface area contributed by atoms with Gasteiger partial charge in [0.15, 0.2) is 0 Å². The van der Waals surface area contributed by atoms with Crippen molar-refractivity contribution in [3.8, 4) is 0 Å². The van der Waals surface area contributed by atoms with Crippen molar-refractivity contribution >= 4 is 17.7 Å². The molecule has 0 aromatic heterocycles. The van der Waals surface area contributed by atoms with Crippen LogP contribution in [0.4, 0.5) is 0 Å². The molecule has 1 unspecified atom stereocenters. The van der Waals surface area contributed by atoms with Crippen LogP contribution in [0.1, 0.15) is 44.1 Å². The number of carbonyl (C=O) groups excluding carboxylic acids is 3. The summed E-state index contributed by atoms with van der Waals surface area (Å²) in [5, 5.41) is 0. The van der Waals surface area contributed by atoms with Gasteiger partial charge in [0.2, 0.25) is 17.7 Å². The first-order chi connectivity index (χ1) is 13.5. The van der Waals surface area contributed by atoms with Crippen molar-refractivity contribution in [1.29, 1.82) is 0 Å². The Kier molecular flexibility index (Phi) is 4.89. The predicted molar refractivity (Wildman–Crippen MR) is 105 cm³/mol. The van der Waals surface area contributed by atoms with E-state index < -0.39 is 16.7 Å². The minimum Gasteiger partial charge on any atom is -0.369 e. The lowest BCUT2D eigenvalue weighted by Crippen LogP contribution is -2.51. The summed E-state index contributed by atoms with van der Waals surface area (Å²) in [5.41, 5.74) is 5.30. The molecule has 150 valence electrons. The number of hydrogen-bond acceptors (Lipinski definition) is 3. The van der Waals surface area contributed by atoms with Crippen LogP contribution in [-0.4, -0.2) is 53.7 Å². The topological polar surface area (TPSA) is 83.7 Å². The van der Waals surface area contributed by atoms with Crippen LogP contribution in [0.3, 0.4) is 0 Å². The molecule has 3 fully saturated rings. The van der Waals surface area contributed by atoms with E-state index in [0.717, 1.165) is 38.8 Å². The Labute approximate surface area is 166 Å². The fourth-order valence-corrected chi connectivity index (χ4v) is 4.90. The molecule has 2 aliphatic heterocycles. The molecule has 1 aliphatic carbocycles. The molecule has 3 aliphatic rings. The highest BCUT2D eigenvalue weighted by Gasteiger charge is 2.59. The van der Waals surface area contributed by atoms with Crippen molar-refractivity contribution < 1.29 is 14.4 Å². The van der Waals surface area contributed by atoms with E-state index in [4.69, 9.17) is 5.73 Å². The Bertz CT molecular complexity index is 774. The van der Waals surface area contributed by atoms with E-state index in [-0.39, 0.29) is 11.8 Å². The van der Waals surface area contributed by atoms with E-state index in [2.05, 4.69) is 12.1 Å². The summed E-state index contributed by atoms with van der Waals surface area (Å²) < 4.78 is 0. The number of hydrogen-bond donors (Lipinski definition) is 1. The Morgan fingerprint density at radius 2 is 1.79 bits per heavy atom. The van der Waals surface area contributed by atoms with Crippen molar-refractivity contribution in [3.05, 3.63) is 35.9 Å². The maximum atomic E-state index is 13.3. The smallest absolute Gasteiger partial charge is 0.238 e. The summed E-state index contributed by atoms with van der Waals surface area (Å²) in [7, 11) is 0. The number of rotatable bonds is 6. The molecule has 28 heavy (non-hydrogen) atoms. The summed E-state index contributed by atoms with van der Waals surface area (Å²) in [5.74, 6) is -0.493. The molecule has 1 aromatic carbocycles. The summed E-state index contributed by atoms with van der Waals surface area (Å²) in [6.07, 6.45) is 5.49. The van der Waals surface area contributed by atoms with Gasteiger partial charge < -0.3 is 15.5 Å². The zero-order valence-electron chi connectivity index (χ0n) is 16.4. The molecule has 1 atom stereocenters. The standard InChI is InChI=1S/C22H29N3O3/c23-18(26)22(10-11-22)20(28)25-15-12-21(16-25)9-5-14-24(19(21)27)13-4-8-17-6-2-1-3-7-17/h1-3,6-7H,4-5,8-16H2,(H2,23,26). The van der Waals surface area contributed by atoms with Gasteiger partial charge in [0, 0.05) is 26.2 Å². The molecule has 0 radical (unpaired) electrons. The van der Waals surface area contributed by atoms with E-state index in [9.17, 15) is 14.4 Å². The van der Waals surface area contributed by atoms with Crippen LogP contribution >= 0.6 is 0 Å². The van der Waals surface area contributed by atoms with Crippen molar-refractivity contribution in [1.82, 2.24) is 9.80 Å². The minimum atomic E-state index is -0.987. The van der Waals surface area contributed by atoms with Crippen LogP contribution in [-0.2, 0) is 20.8 Å².